The van der Waals surface area contributed by atoms with E-state index in [1.54, 1.807) is 0 Å². The van der Waals surface area contributed by atoms with Crippen molar-refractivity contribution in [2.45, 2.75) is 30.3 Å². The number of hydrogen-bond donors (Lipinski definition) is 3. The molecule has 0 aromatic heterocycles. The normalized spacial score (nSPS) is 16.2. The van der Waals surface area contributed by atoms with Crippen LogP contribution in [0.15, 0.2) is 23.1 Å². The molecule has 144 valence electrons. The predicted octanol–water partition coefficient (Wildman–Crippen LogP) is -0.0365. The fourth-order valence-electron chi connectivity index (χ4n) is 2.12. The van der Waals surface area contributed by atoms with Crippen molar-refractivity contribution in [3.63, 3.8) is 0 Å². The van der Waals surface area contributed by atoms with Gasteiger partial charge in [0.2, 0.25) is 5.91 Å². The van der Waals surface area contributed by atoms with Crippen LogP contribution in [0.5, 0.6) is 11.5 Å². The van der Waals surface area contributed by atoms with Crippen LogP contribution in [-0.2, 0) is 19.4 Å². The monoisotopic (exact) mass is 387 g/mol. The average Bonchev–Trinajstić information content (AvgIpc) is 2.82. The number of hydrogen-bond acceptors (Lipinski definition) is 7. The number of fused-ring (bicyclic) bond motifs is 1. The van der Waals surface area contributed by atoms with Crippen LogP contribution in [0, 0.1) is 0 Å². The van der Waals surface area contributed by atoms with E-state index in [1.165, 1.54) is 18.2 Å². The quantitative estimate of drug-likeness (QED) is 0.592. The largest absolute Gasteiger partial charge is 0.490 e. The van der Waals surface area contributed by atoms with Gasteiger partial charge in [-0.2, -0.15) is 0 Å². The molecule has 26 heavy (non-hydrogen) atoms. The summed E-state index contributed by atoms with van der Waals surface area (Å²) in [6.07, 6.45) is 0.323. The van der Waals surface area contributed by atoms with Crippen molar-refractivity contribution in [2.24, 2.45) is 0 Å². The van der Waals surface area contributed by atoms with Gasteiger partial charge in [-0.15, -0.1) is 0 Å². The molecular weight excluding hydrogens is 366 g/mol. The molecule has 0 fully saturated rings. The zero-order valence-corrected chi connectivity index (χ0v) is 15.0. The van der Waals surface area contributed by atoms with Crippen LogP contribution in [0.1, 0.15) is 19.8 Å². The second kappa shape index (κ2) is 7.92. The molecule has 0 spiro atoms. The van der Waals surface area contributed by atoms with Crippen LogP contribution >= 0.6 is 0 Å². The number of nitrogens with one attached hydrogen (secondary N) is 1. The molecule has 1 aliphatic heterocycles. The molecule has 1 aromatic rings. The van der Waals surface area contributed by atoms with E-state index in [0.29, 0.717) is 31.1 Å². The number of rotatable bonds is 7. The lowest BCUT2D eigenvalue weighted by Crippen LogP contribution is -2.46. The number of carboxylic acid groups (broad SMARTS) is 1. The van der Waals surface area contributed by atoms with Crippen molar-refractivity contribution in [3.8, 4) is 11.5 Å². The van der Waals surface area contributed by atoms with Crippen LogP contribution in [0.2, 0.25) is 0 Å². The topological polar surface area (TPSA) is 139 Å². The van der Waals surface area contributed by atoms with E-state index >= 15 is 0 Å². The summed E-state index contributed by atoms with van der Waals surface area (Å²) in [7, 11) is -3.75. The highest BCUT2D eigenvalue weighted by atomic mass is 32.2. The number of ether oxygens (including phenoxy) is 2. The number of aliphatic hydroxyl groups is 1. The van der Waals surface area contributed by atoms with Crippen LogP contribution in [0.25, 0.3) is 0 Å². The van der Waals surface area contributed by atoms with Gasteiger partial charge in [-0.25, -0.2) is 13.2 Å². The molecule has 10 heteroatoms. The molecular formula is C16H21NO8S. The first kappa shape index (κ1) is 20.0. The Kier molecular flexibility index (Phi) is 6.09. The SMILES string of the molecule is CC(O)(CNC(=O)CCS(=O)(=O)c1ccc2c(c1)OCCCO2)C(=O)O. The Hall–Kier alpha value is -2.33. The molecule has 0 radical (unpaired) electrons. The van der Waals surface area contributed by atoms with Gasteiger partial charge < -0.3 is 25.0 Å². The highest BCUT2D eigenvalue weighted by molar-refractivity contribution is 7.91. The summed E-state index contributed by atoms with van der Waals surface area (Å²) in [6, 6.07) is 4.26. The van der Waals surface area contributed by atoms with Crippen molar-refractivity contribution >= 4 is 21.7 Å². The van der Waals surface area contributed by atoms with Crippen LogP contribution in [0.4, 0.5) is 0 Å². The molecule has 0 aliphatic carbocycles. The van der Waals surface area contributed by atoms with Gasteiger partial charge in [0.1, 0.15) is 0 Å². The average molecular weight is 387 g/mol. The minimum Gasteiger partial charge on any atom is -0.490 e. The second-order valence-corrected chi connectivity index (χ2v) is 8.19. The summed E-state index contributed by atoms with van der Waals surface area (Å²) in [6.45, 7) is 1.41. The van der Waals surface area contributed by atoms with Crippen molar-refractivity contribution in [1.29, 1.82) is 0 Å². The maximum Gasteiger partial charge on any atom is 0.337 e. The predicted molar refractivity (Wildman–Crippen MR) is 90.0 cm³/mol. The minimum atomic E-state index is -3.75. The van der Waals surface area contributed by atoms with Gasteiger partial charge in [-0.1, -0.05) is 0 Å². The number of aliphatic carboxylic acids is 1. The Morgan fingerprint density at radius 1 is 1.23 bits per heavy atom. The van der Waals surface area contributed by atoms with E-state index in [0.717, 1.165) is 6.92 Å². The Morgan fingerprint density at radius 2 is 1.88 bits per heavy atom. The smallest absolute Gasteiger partial charge is 0.337 e. The molecule has 3 N–H and O–H groups in total. The second-order valence-electron chi connectivity index (χ2n) is 6.08. The van der Waals surface area contributed by atoms with E-state index < -0.39 is 39.6 Å². The third-order valence-corrected chi connectivity index (χ3v) is 5.48. The molecule has 1 amide bonds. The molecule has 1 aromatic carbocycles. The molecule has 0 saturated heterocycles. The first-order valence-corrected chi connectivity index (χ1v) is 9.62. The zero-order chi connectivity index (χ0) is 19.4. The number of sulfone groups is 1. The fourth-order valence-corrected chi connectivity index (χ4v) is 3.37. The summed E-state index contributed by atoms with van der Waals surface area (Å²) in [5.74, 6) is -1.82. The molecule has 9 nitrogen and oxygen atoms in total. The van der Waals surface area contributed by atoms with E-state index in [-0.39, 0.29) is 11.3 Å². The standard InChI is InChI=1S/C16H21NO8S/c1-16(21,15(19)20)10-17-14(18)5-8-26(22,23)11-3-4-12-13(9-11)25-7-2-6-24-12/h3-4,9,21H,2,5-8,10H2,1H3,(H,17,18)(H,19,20). The molecule has 1 atom stereocenters. The number of carboxylic acids is 1. The third-order valence-electron chi connectivity index (χ3n) is 3.77. The Balaban J connectivity index is 1.97. The summed E-state index contributed by atoms with van der Waals surface area (Å²) in [5.41, 5.74) is -2.12. The molecule has 0 bridgehead atoms. The maximum atomic E-state index is 12.4. The number of benzene rings is 1. The highest BCUT2D eigenvalue weighted by Gasteiger charge is 2.30. The van der Waals surface area contributed by atoms with Crippen LogP contribution in [0.3, 0.4) is 0 Å². The maximum absolute atomic E-state index is 12.4. The van der Waals surface area contributed by atoms with Gasteiger partial charge in [0.15, 0.2) is 26.9 Å². The lowest BCUT2D eigenvalue weighted by atomic mass is 10.1. The molecule has 2 rings (SSSR count). The Bertz CT molecular complexity index is 787. The number of carbonyl (C=O) groups is 2. The van der Waals surface area contributed by atoms with Crippen molar-refractivity contribution in [3.05, 3.63) is 18.2 Å². The van der Waals surface area contributed by atoms with E-state index in [4.69, 9.17) is 14.6 Å². The lowest BCUT2D eigenvalue weighted by Gasteiger charge is -2.18. The minimum absolute atomic E-state index is 0.00656. The summed E-state index contributed by atoms with van der Waals surface area (Å²) in [5, 5.41) is 20.5. The van der Waals surface area contributed by atoms with Gasteiger partial charge >= 0.3 is 5.97 Å². The first-order chi connectivity index (χ1) is 12.1. The summed E-state index contributed by atoms with van der Waals surface area (Å²) in [4.78, 5) is 22.5. The van der Waals surface area contributed by atoms with Gasteiger partial charge in [0.25, 0.3) is 0 Å². The molecule has 1 heterocycles. The number of carbonyl (C=O) groups excluding carboxylic acids is 1. The molecule has 1 aliphatic rings. The Labute approximate surface area is 150 Å². The number of amides is 1. The molecule has 1 unspecified atom stereocenters. The van der Waals surface area contributed by atoms with Gasteiger partial charge in [0, 0.05) is 18.9 Å². The zero-order valence-electron chi connectivity index (χ0n) is 14.2. The first-order valence-electron chi connectivity index (χ1n) is 7.97. The van der Waals surface area contributed by atoms with Crippen molar-refractivity contribution in [2.75, 3.05) is 25.5 Å². The summed E-state index contributed by atoms with van der Waals surface area (Å²) < 4.78 is 35.7. The van der Waals surface area contributed by atoms with Gasteiger partial charge in [0.05, 0.1) is 30.4 Å². The van der Waals surface area contributed by atoms with E-state index in [9.17, 15) is 23.1 Å². The third kappa shape index (κ3) is 5.09. The van der Waals surface area contributed by atoms with Crippen molar-refractivity contribution in [1.82, 2.24) is 5.32 Å². The highest BCUT2D eigenvalue weighted by Crippen LogP contribution is 2.32. The lowest BCUT2D eigenvalue weighted by molar-refractivity contribution is -0.156. The van der Waals surface area contributed by atoms with Gasteiger partial charge in [-0.05, 0) is 19.1 Å². The van der Waals surface area contributed by atoms with Crippen molar-refractivity contribution < 1.29 is 37.7 Å². The fraction of sp³-hybridized carbons (Fsp3) is 0.500. The van der Waals surface area contributed by atoms with Crippen LogP contribution < -0.4 is 14.8 Å². The molecule has 0 saturated carbocycles. The van der Waals surface area contributed by atoms with Gasteiger partial charge in [-0.3, -0.25) is 4.79 Å². The Morgan fingerprint density at radius 3 is 2.54 bits per heavy atom. The summed E-state index contributed by atoms with van der Waals surface area (Å²) >= 11 is 0. The van der Waals surface area contributed by atoms with E-state index in [2.05, 4.69) is 5.32 Å². The van der Waals surface area contributed by atoms with E-state index in [1.807, 2.05) is 0 Å². The van der Waals surface area contributed by atoms with Crippen LogP contribution in [-0.4, -0.2) is 61.6 Å².